The Morgan fingerprint density at radius 3 is 2.58 bits per heavy atom. The molecule has 2 fully saturated rings. The lowest BCUT2D eigenvalue weighted by Crippen LogP contribution is -2.51. The number of benzene rings is 2. The van der Waals surface area contributed by atoms with Crippen molar-refractivity contribution in [3.63, 3.8) is 0 Å². The lowest BCUT2D eigenvalue weighted by atomic mass is 10.1. The van der Waals surface area contributed by atoms with Crippen LogP contribution in [0.3, 0.4) is 0 Å². The van der Waals surface area contributed by atoms with Crippen LogP contribution in [-0.4, -0.2) is 61.2 Å². The summed E-state index contributed by atoms with van der Waals surface area (Å²) < 4.78 is 16.5. The highest BCUT2D eigenvalue weighted by Crippen LogP contribution is 2.50. The molecule has 5 rings (SSSR count). The third-order valence-electron chi connectivity index (χ3n) is 6.76. The fourth-order valence-electron chi connectivity index (χ4n) is 4.80. The molecule has 2 unspecified atom stereocenters. The van der Waals surface area contributed by atoms with Crippen LogP contribution in [0.4, 0.5) is 0 Å². The maximum absolute atomic E-state index is 13.0. The maximum atomic E-state index is 13.0. The minimum absolute atomic E-state index is 0.0303. The predicted molar refractivity (Wildman–Crippen MR) is 123 cm³/mol. The van der Waals surface area contributed by atoms with Crippen molar-refractivity contribution in [3.8, 4) is 17.2 Å². The van der Waals surface area contributed by atoms with Crippen molar-refractivity contribution in [2.75, 3.05) is 39.6 Å². The van der Waals surface area contributed by atoms with Gasteiger partial charge in [-0.2, -0.15) is 0 Å². The van der Waals surface area contributed by atoms with E-state index in [0.29, 0.717) is 45.6 Å². The van der Waals surface area contributed by atoms with Crippen molar-refractivity contribution < 1.29 is 23.8 Å². The normalized spacial score (nSPS) is 21.1. The Labute approximate surface area is 194 Å². The van der Waals surface area contributed by atoms with Crippen LogP contribution in [-0.2, 0) is 16.0 Å². The first-order valence-electron chi connectivity index (χ1n) is 11.8. The second-order valence-electron chi connectivity index (χ2n) is 8.81. The molecule has 1 saturated heterocycles. The molecule has 7 nitrogen and oxygen atoms in total. The Kier molecular flexibility index (Phi) is 6.11. The largest absolute Gasteiger partial charge is 0.494 e. The number of aryl methyl sites for hydroxylation is 1. The average molecular weight is 451 g/mol. The number of para-hydroxylation sites is 1. The number of hydrogen-bond acceptors (Lipinski definition) is 5. The van der Waals surface area contributed by atoms with E-state index in [1.807, 2.05) is 59.2 Å². The Hall–Kier alpha value is -3.22. The van der Waals surface area contributed by atoms with Crippen LogP contribution < -0.4 is 14.2 Å². The SMILES string of the molecule is CCOc1ccccc1CCC(=O)N1CCN(C(=O)C2CC2c2ccc3c(c2)OCO3)CC1. The maximum Gasteiger partial charge on any atom is 0.231 e. The summed E-state index contributed by atoms with van der Waals surface area (Å²) in [6, 6.07) is 13.8. The van der Waals surface area contributed by atoms with Gasteiger partial charge in [-0.15, -0.1) is 0 Å². The van der Waals surface area contributed by atoms with Crippen LogP contribution in [0.15, 0.2) is 42.5 Å². The lowest BCUT2D eigenvalue weighted by Gasteiger charge is -2.35. The van der Waals surface area contributed by atoms with E-state index in [1.54, 1.807) is 0 Å². The number of hydrogen-bond donors (Lipinski definition) is 0. The van der Waals surface area contributed by atoms with E-state index < -0.39 is 0 Å². The minimum atomic E-state index is 0.0303. The van der Waals surface area contributed by atoms with Gasteiger partial charge in [-0.3, -0.25) is 9.59 Å². The Morgan fingerprint density at radius 2 is 1.76 bits per heavy atom. The highest BCUT2D eigenvalue weighted by atomic mass is 16.7. The summed E-state index contributed by atoms with van der Waals surface area (Å²) in [6.07, 6.45) is 1.98. The molecule has 0 spiro atoms. The lowest BCUT2D eigenvalue weighted by molar-refractivity contribution is -0.140. The molecule has 0 radical (unpaired) electrons. The van der Waals surface area contributed by atoms with Crippen molar-refractivity contribution in [1.82, 2.24) is 9.80 Å². The van der Waals surface area contributed by atoms with Gasteiger partial charge in [0.05, 0.1) is 6.61 Å². The third-order valence-corrected chi connectivity index (χ3v) is 6.76. The monoisotopic (exact) mass is 450 g/mol. The van der Waals surface area contributed by atoms with Crippen LogP contribution in [0.2, 0.25) is 0 Å². The first-order valence-corrected chi connectivity index (χ1v) is 11.8. The van der Waals surface area contributed by atoms with Crippen molar-refractivity contribution in [1.29, 1.82) is 0 Å². The van der Waals surface area contributed by atoms with Gasteiger partial charge >= 0.3 is 0 Å². The molecule has 2 aliphatic heterocycles. The molecular formula is C26H30N2O5. The van der Waals surface area contributed by atoms with E-state index in [1.165, 1.54) is 0 Å². The molecular weight excluding hydrogens is 420 g/mol. The summed E-state index contributed by atoms with van der Waals surface area (Å²) in [5.74, 6) is 3.00. The number of amides is 2. The highest BCUT2D eigenvalue weighted by molar-refractivity contribution is 5.83. The van der Waals surface area contributed by atoms with Gasteiger partial charge < -0.3 is 24.0 Å². The van der Waals surface area contributed by atoms with Crippen LogP contribution >= 0.6 is 0 Å². The van der Waals surface area contributed by atoms with Crippen LogP contribution in [0, 0.1) is 5.92 Å². The molecule has 2 amide bonds. The summed E-state index contributed by atoms with van der Waals surface area (Å²) in [5, 5.41) is 0. The molecule has 7 heteroatoms. The first-order chi connectivity index (χ1) is 16.1. The number of carbonyl (C=O) groups excluding carboxylic acids is 2. The van der Waals surface area contributed by atoms with Gasteiger partial charge in [0.2, 0.25) is 18.6 Å². The average Bonchev–Trinajstić information content (AvgIpc) is 3.51. The fraction of sp³-hybridized carbons (Fsp3) is 0.462. The third kappa shape index (κ3) is 4.63. The number of carbonyl (C=O) groups is 2. The van der Waals surface area contributed by atoms with Gasteiger partial charge in [-0.05, 0) is 55.0 Å². The first kappa shape index (κ1) is 21.6. The predicted octanol–water partition coefficient (Wildman–Crippen LogP) is 3.22. The van der Waals surface area contributed by atoms with Crippen molar-refractivity contribution >= 4 is 11.8 Å². The molecule has 33 heavy (non-hydrogen) atoms. The van der Waals surface area contributed by atoms with E-state index in [-0.39, 0.29) is 30.4 Å². The Morgan fingerprint density at radius 1 is 1.00 bits per heavy atom. The minimum Gasteiger partial charge on any atom is -0.494 e. The van der Waals surface area contributed by atoms with Crippen molar-refractivity contribution in [2.24, 2.45) is 5.92 Å². The van der Waals surface area contributed by atoms with Gasteiger partial charge in [0.1, 0.15) is 5.75 Å². The van der Waals surface area contributed by atoms with Gasteiger partial charge in [0.25, 0.3) is 0 Å². The molecule has 3 aliphatic rings. The van der Waals surface area contributed by atoms with Crippen molar-refractivity contribution in [3.05, 3.63) is 53.6 Å². The molecule has 0 aromatic heterocycles. The zero-order valence-corrected chi connectivity index (χ0v) is 19.0. The standard InChI is InChI=1S/C26H30N2O5/c1-2-31-22-6-4-3-5-18(22)8-10-25(29)27-11-13-28(14-12-27)26(30)21-16-20(21)19-7-9-23-24(15-19)33-17-32-23/h3-7,9,15,20-21H,2,8,10-14,16-17H2,1H3. The zero-order valence-electron chi connectivity index (χ0n) is 19.0. The van der Waals surface area contributed by atoms with E-state index in [4.69, 9.17) is 14.2 Å². The van der Waals surface area contributed by atoms with Gasteiger partial charge in [0, 0.05) is 38.5 Å². The van der Waals surface area contributed by atoms with Gasteiger partial charge in [-0.1, -0.05) is 24.3 Å². The summed E-state index contributed by atoms with van der Waals surface area (Å²) in [7, 11) is 0. The van der Waals surface area contributed by atoms with E-state index in [0.717, 1.165) is 34.8 Å². The number of nitrogens with zero attached hydrogens (tertiary/aromatic N) is 2. The molecule has 0 bridgehead atoms. The highest BCUT2D eigenvalue weighted by Gasteiger charge is 2.46. The molecule has 2 aromatic carbocycles. The van der Waals surface area contributed by atoms with E-state index in [9.17, 15) is 9.59 Å². The van der Waals surface area contributed by atoms with Crippen molar-refractivity contribution in [2.45, 2.75) is 32.1 Å². The molecule has 174 valence electrons. The molecule has 2 heterocycles. The summed E-state index contributed by atoms with van der Waals surface area (Å²) >= 11 is 0. The number of rotatable bonds is 7. The molecule has 2 atom stereocenters. The Balaban J connectivity index is 1.09. The fourth-order valence-corrected chi connectivity index (χ4v) is 4.80. The molecule has 1 aliphatic carbocycles. The second-order valence-corrected chi connectivity index (χ2v) is 8.81. The van der Waals surface area contributed by atoms with Crippen LogP contribution in [0.25, 0.3) is 0 Å². The smallest absolute Gasteiger partial charge is 0.231 e. The molecule has 0 N–H and O–H groups in total. The molecule has 2 aromatic rings. The second kappa shape index (κ2) is 9.33. The van der Waals surface area contributed by atoms with Crippen LogP contribution in [0.1, 0.15) is 36.8 Å². The van der Waals surface area contributed by atoms with E-state index in [2.05, 4.69) is 0 Å². The summed E-state index contributed by atoms with van der Waals surface area (Å²) in [5.41, 5.74) is 2.20. The Bertz CT molecular complexity index is 1030. The van der Waals surface area contributed by atoms with E-state index >= 15 is 0 Å². The van der Waals surface area contributed by atoms with Crippen LogP contribution in [0.5, 0.6) is 17.2 Å². The quantitative estimate of drug-likeness (QED) is 0.648. The van der Waals surface area contributed by atoms with Gasteiger partial charge in [0.15, 0.2) is 11.5 Å². The molecule has 1 saturated carbocycles. The topological polar surface area (TPSA) is 68.3 Å². The zero-order chi connectivity index (χ0) is 22.8. The summed E-state index contributed by atoms with van der Waals surface area (Å²) in [4.78, 5) is 29.6. The number of fused-ring (bicyclic) bond motifs is 1. The number of ether oxygens (including phenoxy) is 3. The summed E-state index contributed by atoms with van der Waals surface area (Å²) in [6.45, 7) is 5.22. The number of piperazine rings is 1. The van der Waals surface area contributed by atoms with Gasteiger partial charge in [-0.25, -0.2) is 0 Å².